The van der Waals surface area contributed by atoms with Crippen LogP contribution < -0.4 is 10.6 Å². The van der Waals surface area contributed by atoms with Crippen molar-refractivity contribution in [1.29, 1.82) is 0 Å². The number of halogens is 1. The number of carbonyl (C=O) groups is 1. The molecule has 1 saturated heterocycles. The minimum absolute atomic E-state index is 0.0399. The molecule has 0 spiro atoms. The highest BCUT2D eigenvalue weighted by Gasteiger charge is 2.15. The zero-order chi connectivity index (χ0) is 13.0. The molecule has 5 heteroatoms. The smallest absolute Gasteiger partial charge is 0.340 e. The molecule has 98 valence electrons. The predicted molar refractivity (Wildman–Crippen MR) is 67.3 cm³/mol. The number of nitrogens with one attached hydrogen (secondary N) is 2. The highest BCUT2D eigenvalue weighted by Crippen LogP contribution is 2.16. The molecule has 0 amide bonds. The number of hydrogen-bond acceptors (Lipinski definition) is 4. The Balaban J connectivity index is 2.02. The molecule has 1 atom stereocenters. The Morgan fingerprint density at radius 2 is 2.44 bits per heavy atom. The molecule has 0 bridgehead atoms. The molecule has 1 aromatic rings. The molecule has 1 fully saturated rings. The fraction of sp³-hybridized carbons (Fsp3) is 0.462. The van der Waals surface area contributed by atoms with Crippen molar-refractivity contribution >= 4 is 11.7 Å². The van der Waals surface area contributed by atoms with E-state index in [1.54, 1.807) is 6.07 Å². The van der Waals surface area contributed by atoms with Gasteiger partial charge in [0.1, 0.15) is 5.82 Å². The lowest BCUT2D eigenvalue weighted by Gasteiger charge is -2.13. The van der Waals surface area contributed by atoms with Gasteiger partial charge in [0.25, 0.3) is 0 Å². The summed E-state index contributed by atoms with van der Waals surface area (Å²) in [6, 6.07) is 4.82. The van der Waals surface area contributed by atoms with Crippen LogP contribution in [0.1, 0.15) is 23.2 Å². The summed E-state index contributed by atoms with van der Waals surface area (Å²) in [5.74, 6) is -1.22. The Morgan fingerprint density at radius 3 is 3.11 bits per heavy atom. The normalized spacial score (nSPS) is 18.7. The maximum absolute atomic E-state index is 13.4. The van der Waals surface area contributed by atoms with Crippen molar-refractivity contribution in [1.82, 2.24) is 5.32 Å². The van der Waals surface area contributed by atoms with E-state index in [2.05, 4.69) is 15.4 Å². The summed E-state index contributed by atoms with van der Waals surface area (Å²) in [4.78, 5) is 11.3. The van der Waals surface area contributed by atoms with Gasteiger partial charge in [0, 0.05) is 18.3 Å². The standard InChI is InChI=1S/C13H17FN2O2/c1-18-13(17)11-7-9(4-5-12(11)14)16-8-10-3-2-6-15-10/h4-5,7,10,15-16H,2-3,6,8H2,1H3. The molecule has 1 aliphatic rings. The summed E-state index contributed by atoms with van der Waals surface area (Å²) in [5, 5.41) is 6.55. The van der Waals surface area contributed by atoms with Crippen molar-refractivity contribution in [2.24, 2.45) is 0 Å². The van der Waals surface area contributed by atoms with Crippen LogP contribution in [0, 0.1) is 5.82 Å². The summed E-state index contributed by atoms with van der Waals surface area (Å²) in [5.41, 5.74) is 0.687. The number of rotatable bonds is 4. The quantitative estimate of drug-likeness (QED) is 0.802. The van der Waals surface area contributed by atoms with Crippen molar-refractivity contribution in [3.63, 3.8) is 0 Å². The maximum atomic E-state index is 13.4. The number of hydrogen-bond donors (Lipinski definition) is 2. The fourth-order valence-electron chi connectivity index (χ4n) is 2.07. The van der Waals surface area contributed by atoms with Crippen molar-refractivity contribution in [3.05, 3.63) is 29.6 Å². The molecule has 2 N–H and O–H groups in total. The average molecular weight is 252 g/mol. The molecule has 1 unspecified atom stereocenters. The molecule has 0 saturated carbocycles. The van der Waals surface area contributed by atoms with Gasteiger partial charge in [0.15, 0.2) is 0 Å². The highest BCUT2D eigenvalue weighted by molar-refractivity contribution is 5.90. The summed E-state index contributed by atoms with van der Waals surface area (Å²) in [7, 11) is 1.24. The van der Waals surface area contributed by atoms with Crippen LogP contribution >= 0.6 is 0 Å². The van der Waals surface area contributed by atoms with Gasteiger partial charge in [-0.3, -0.25) is 0 Å². The van der Waals surface area contributed by atoms with Gasteiger partial charge >= 0.3 is 5.97 Å². The van der Waals surface area contributed by atoms with Crippen LogP contribution in [0.15, 0.2) is 18.2 Å². The van der Waals surface area contributed by atoms with E-state index in [1.807, 2.05) is 0 Å². The number of benzene rings is 1. The molecule has 18 heavy (non-hydrogen) atoms. The van der Waals surface area contributed by atoms with Gasteiger partial charge in [0.2, 0.25) is 0 Å². The van der Waals surface area contributed by atoms with Gasteiger partial charge in [-0.05, 0) is 37.6 Å². The van der Waals surface area contributed by atoms with Gasteiger partial charge in [-0.25, -0.2) is 9.18 Å². The third-order valence-corrected chi connectivity index (χ3v) is 3.09. The van der Waals surface area contributed by atoms with Gasteiger partial charge in [-0.2, -0.15) is 0 Å². The lowest BCUT2D eigenvalue weighted by atomic mass is 10.1. The van der Waals surface area contributed by atoms with Crippen molar-refractivity contribution in [2.75, 3.05) is 25.5 Å². The second-order valence-electron chi connectivity index (χ2n) is 4.36. The van der Waals surface area contributed by atoms with E-state index in [9.17, 15) is 9.18 Å². The first kappa shape index (κ1) is 12.8. The van der Waals surface area contributed by atoms with Gasteiger partial charge in [-0.15, -0.1) is 0 Å². The van der Waals surface area contributed by atoms with Crippen LogP contribution in [0.3, 0.4) is 0 Å². The molecular weight excluding hydrogens is 235 g/mol. The van der Waals surface area contributed by atoms with Crippen molar-refractivity contribution in [3.8, 4) is 0 Å². The summed E-state index contributed by atoms with van der Waals surface area (Å²) < 4.78 is 17.9. The number of anilines is 1. The van der Waals surface area contributed by atoms with Crippen LogP contribution in [-0.4, -0.2) is 32.2 Å². The highest BCUT2D eigenvalue weighted by atomic mass is 19.1. The third kappa shape index (κ3) is 2.98. The molecule has 1 aromatic carbocycles. The fourth-order valence-corrected chi connectivity index (χ4v) is 2.07. The molecule has 0 aromatic heterocycles. The minimum atomic E-state index is -0.657. The van der Waals surface area contributed by atoms with E-state index in [4.69, 9.17) is 0 Å². The summed E-state index contributed by atoms with van der Waals surface area (Å²) in [6.07, 6.45) is 2.32. The SMILES string of the molecule is COC(=O)c1cc(NCC2CCCN2)ccc1F. The van der Waals surface area contributed by atoms with E-state index < -0.39 is 11.8 Å². The van der Waals surface area contributed by atoms with Gasteiger partial charge in [0.05, 0.1) is 12.7 Å². The van der Waals surface area contributed by atoms with Crippen LogP contribution in [0.5, 0.6) is 0 Å². The topological polar surface area (TPSA) is 50.4 Å². The van der Waals surface area contributed by atoms with Gasteiger partial charge in [-0.1, -0.05) is 0 Å². The van der Waals surface area contributed by atoms with Crippen LogP contribution in [-0.2, 0) is 4.74 Å². The molecule has 4 nitrogen and oxygen atoms in total. The lowest BCUT2D eigenvalue weighted by Crippen LogP contribution is -2.29. The molecular formula is C13H17FN2O2. The zero-order valence-electron chi connectivity index (χ0n) is 10.3. The van der Waals surface area contributed by atoms with Crippen molar-refractivity contribution < 1.29 is 13.9 Å². The monoisotopic (exact) mass is 252 g/mol. The molecule has 0 radical (unpaired) electrons. The minimum Gasteiger partial charge on any atom is -0.465 e. The Hall–Kier alpha value is -1.62. The Kier molecular flexibility index (Phi) is 4.15. The number of ether oxygens (including phenoxy) is 1. The second-order valence-corrected chi connectivity index (χ2v) is 4.36. The number of esters is 1. The van der Waals surface area contributed by atoms with E-state index >= 15 is 0 Å². The van der Waals surface area contributed by atoms with Gasteiger partial charge < -0.3 is 15.4 Å². The molecule has 1 heterocycles. The first-order valence-corrected chi connectivity index (χ1v) is 6.06. The zero-order valence-corrected chi connectivity index (χ0v) is 10.3. The largest absolute Gasteiger partial charge is 0.465 e. The number of carbonyl (C=O) groups excluding carboxylic acids is 1. The van der Waals surface area contributed by atoms with Crippen LogP contribution in [0.25, 0.3) is 0 Å². The van der Waals surface area contributed by atoms with E-state index in [-0.39, 0.29) is 5.56 Å². The number of methoxy groups -OCH3 is 1. The van der Waals surface area contributed by atoms with E-state index in [1.165, 1.54) is 25.7 Å². The third-order valence-electron chi connectivity index (χ3n) is 3.09. The molecule has 2 rings (SSSR count). The van der Waals surface area contributed by atoms with E-state index in [0.717, 1.165) is 25.2 Å². The van der Waals surface area contributed by atoms with Crippen LogP contribution in [0.4, 0.5) is 10.1 Å². The maximum Gasteiger partial charge on any atom is 0.340 e. The van der Waals surface area contributed by atoms with Crippen LogP contribution in [0.2, 0.25) is 0 Å². The van der Waals surface area contributed by atoms with E-state index in [0.29, 0.717) is 6.04 Å². The first-order valence-electron chi connectivity index (χ1n) is 6.06. The second kappa shape index (κ2) is 5.82. The Bertz CT molecular complexity index is 431. The molecule has 0 aliphatic carbocycles. The Labute approximate surface area is 106 Å². The summed E-state index contributed by atoms with van der Waals surface area (Å²) >= 11 is 0. The molecule has 1 aliphatic heterocycles. The Morgan fingerprint density at radius 1 is 1.61 bits per heavy atom. The first-order chi connectivity index (χ1) is 8.70. The average Bonchev–Trinajstić information content (AvgIpc) is 2.90. The summed E-state index contributed by atoms with van der Waals surface area (Å²) in [6.45, 7) is 1.81. The lowest BCUT2D eigenvalue weighted by molar-refractivity contribution is 0.0595. The predicted octanol–water partition coefficient (Wildman–Crippen LogP) is 1.78. The van der Waals surface area contributed by atoms with Crippen molar-refractivity contribution in [2.45, 2.75) is 18.9 Å².